The fourth-order valence-corrected chi connectivity index (χ4v) is 15.3. The van der Waals surface area contributed by atoms with Crippen molar-refractivity contribution >= 4 is 0 Å². The van der Waals surface area contributed by atoms with Crippen LogP contribution >= 0.6 is 0 Å². The molecule has 400 valence electrons. The van der Waals surface area contributed by atoms with E-state index in [1.165, 1.54) is 32.3 Å². The lowest BCUT2D eigenvalue weighted by atomic mass is 9.47. The maximum atomic E-state index is 12.3. The molecule has 6 heterocycles. The zero-order valence-electron chi connectivity index (χ0n) is 41.3. The van der Waals surface area contributed by atoms with Crippen LogP contribution in [0.15, 0.2) is 11.6 Å². The molecular formula is C50H81NO19. The number of fused-ring (bicyclic) bond motifs is 7. The molecule has 0 aromatic heterocycles. The Kier molecular flexibility index (Phi) is 14.8. The minimum Gasteiger partial charge on any atom is -0.394 e. The first-order chi connectivity index (χ1) is 33.2. The maximum absolute atomic E-state index is 12.3. The molecule has 20 nitrogen and oxygen atoms in total. The highest BCUT2D eigenvalue weighted by Crippen LogP contribution is 2.70. The molecule has 0 unspecified atom stereocenters. The summed E-state index contributed by atoms with van der Waals surface area (Å²) in [5, 5.41) is 112. The summed E-state index contributed by atoms with van der Waals surface area (Å²) >= 11 is 0. The number of hydrogen-bond acceptors (Lipinski definition) is 20. The van der Waals surface area contributed by atoms with E-state index in [-0.39, 0.29) is 22.7 Å². The summed E-state index contributed by atoms with van der Waals surface area (Å²) in [5.74, 6) is 3.25. The van der Waals surface area contributed by atoms with Crippen molar-refractivity contribution in [3.63, 3.8) is 0 Å². The number of aliphatic hydroxyl groups is 10. The zero-order chi connectivity index (χ0) is 49.9. The third kappa shape index (κ3) is 8.79. The third-order valence-corrected chi connectivity index (χ3v) is 19.6. The molecule has 0 amide bonds. The highest BCUT2D eigenvalue weighted by molar-refractivity contribution is 5.27. The van der Waals surface area contributed by atoms with Crippen molar-refractivity contribution in [2.75, 3.05) is 19.8 Å². The van der Waals surface area contributed by atoms with Gasteiger partial charge in [-0.25, -0.2) is 0 Å². The molecule has 6 saturated heterocycles. The first kappa shape index (κ1) is 52.4. The standard InChI is InChI=1S/C50H81NO19/c1-20-9-14-50(51-17-20)21(2)32-30(70-50)16-28-26-8-7-24-15-25(10-12-48(24,5)27(26)11-13-49(28,32)6)65-47-43(69-45-39(60)36(57)33(54)22(3)63-45)40(61)41(31(18-52)66-47)67-46-42(37(58)34(55)23(4)64-46)68-44-38(59)35(56)29(53)19-62-44/h7,20-23,25-47,51-61H,8-19H2,1-6H3/t20-,21-,22-,23-,25-,26+,27-,28-,29+,30-,31+,32-,33-,34-,35-,36+,37+,38+,39+,40-,41-,42+,43+,44-,45-,46-,47+,48-,49-,50-/m0/s1. The average molecular weight is 1000 g/mol. The second kappa shape index (κ2) is 19.8. The van der Waals surface area contributed by atoms with E-state index in [0.29, 0.717) is 48.3 Å². The first-order valence-electron chi connectivity index (χ1n) is 26.2. The van der Waals surface area contributed by atoms with Crippen LogP contribution in [-0.4, -0.2) is 205 Å². The Bertz CT molecular complexity index is 1860. The van der Waals surface area contributed by atoms with Gasteiger partial charge in [0.25, 0.3) is 0 Å². The van der Waals surface area contributed by atoms with Gasteiger partial charge in [0.05, 0.1) is 37.6 Å². The molecule has 4 aliphatic carbocycles. The van der Waals surface area contributed by atoms with Gasteiger partial charge < -0.3 is 93.7 Å². The van der Waals surface area contributed by atoms with Crippen LogP contribution in [0.25, 0.3) is 0 Å². The van der Waals surface area contributed by atoms with E-state index in [2.05, 4.69) is 39.1 Å². The summed E-state index contributed by atoms with van der Waals surface area (Å²) in [4.78, 5) is 0. The van der Waals surface area contributed by atoms with Crippen LogP contribution in [0.5, 0.6) is 0 Å². The van der Waals surface area contributed by atoms with Gasteiger partial charge in [-0.15, -0.1) is 0 Å². The van der Waals surface area contributed by atoms with Crippen molar-refractivity contribution in [3.05, 3.63) is 11.6 Å². The number of nitrogens with one attached hydrogen (secondary N) is 1. The fraction of sp³-hybridized carbons (Fsp3) is 0.960. The molecule has 0 aromatic carbocycles. The van der Waals surface area contributed by atoms with Crippen LogP contribution in [0, 0.1) is 46.3 Å². The smallest absolute Gasteiger partial charge is 0.187 e. The Morgan fingerprint density at radius 1 is 0.657 bits per heavy atom. The van der Waals surface area contributed by atoms with E-state index in [1.54, 1.807) is 0 Å². The van der Waals surface area contributed by atoms with E-state index in [0.717, 1.165) is 38.6 Å². The molecule has 0 aromatic rings. The summed E-state index contributed by atoms with van der Waals surface area (Å²) in [5.41, 5.74) is 1.27. The lowest BCUT2D eigenvalue weighted by molar-refractivity contribution is -0.397. The summed E-state index contributed by atoms with van der Waals surface area (Å²) < 4.78 is 55.9. The first-order valence-corrected chi connectivity index (χ1v) is 26.2. The number of aliphatic hydroxyl groups excluding tert-OH is 10. The lowest BCUT2D eigenvalue weighted by Gasteiger charge is -2.59. The maximum Gasteiger partial charge on any atom is 0.187 e. The Morgan fingerprint density at radius 2 is 1.31 bits per heavy atom. The van der Waals surface area contributed by atoms with Gasteiger partial charge in [-0.1, -0.05) is 39.3 Å². The molecule has 10 aliphatic rings. The lowest BCUT2D eigenvalue weighted by Crippen LogP contribution is -2.67. The Morgan fingerprint density at radius 3 is 2.03 bits per heavy atom. The molecule has 30 atom stereocenters. The average Bonchev–Trinajstić information content (AvgIpc) is 3.78. The van der Waals surface area contributed by atoms with Crippen molar-refractivity contribution < 1.29 is 93.7 Å². The predicted molar refractivity (Wildman–Crippen MR) is 241 cm³/mol. The molecule has 10 rings (SSSR count). The van der Waals surface area contributed by atoms with Crippen molar-refractivity contribution in [1.82, 2.24) is 5.32 Å². The van der Waals surface area contributed by atoms with E-state index in [1.807, 2.05) is 0 Å². The molecule has 1 spiro atoms. The topological polar surface area (TPSA) is 297 Å². The number of rotatable bonds is 9. The van der Waals surface area contributed by atoms with Gasteiger partial charge in [0.2, 0.25) is 0 Å². The monoisotopic (exact) mass is 1000 g/mol. The van der Waals surface area contributed by atoms with Crippen molar-refractivity contribution in [3.8, 4) is 0 Å². The van der Waals surface area contributed by atoms with E-state index < -0.39 is 136 Å². The molecular weight excluding hydrogens is 919 g/mol. The van der Waals surface area contributed by atoms with Crippen LogP contribution < -0.4 is 5.32 Å². The summed E-state index contributed by atoms with van der Waals surface area (Å²) in [6, 6.07) is 0. The number of allylic oxidation sites excluding steroid dienone is 1. The van der Waals surface area contributed by atoms with Crippen LogP contribution in [0.4, 0.5) is 0 Å². The summed E-state index contributed by atoms with van der Waals surface area (Å²) in [6.45, 7) is 12.5. The highest BCUT2D eigenvalue weighted by atomic mass is 16.8. The van der Waals surface area contributed by atoms with Gasteiger partial charge in [0, 0.05) is 12.5 Å². The quantitative estimate of drug-likeness (QED) is 0.127. The second-order valence-electron chi connectivity index (χ2n) is 23.6. The normalized spacial score (nSPS) is 58.0. The van der Waals surface area contributed by atoms with Gasteiger partial charge in [0.15, 0.2) is 25.2 Å². The highest BCUT2D eigenvalue weighted by Gasteiger charge is 2.68. The Balaban J connectivity index is 0.865. The van der Waals surface area contributed by atoms with Gasteiger partial charge in [0.1, 0.15) is 85.1 Å². The number of hydrogen-bond donors (Lipinski definition) is 11. The molecule has 6 aliphatic heterocycles. The van der Waals surface area contributed by atoms with E-state index >= 15 is 0 Å². The minimum atomic E-state index is -1.78. The van der Waals surface area contributed by atoms with Gasteiger partial charge in [-0.2, -0.15) is 0 Å². The molecule has 0 radical (unpaired) electrons. The minimum absolute atomic E-state index is 0.0520. The molecule has 0 bridgehead atoms. The Labute approximate surface area is 409 Å². The van der Waals surface area contributed by atoms with Crippen LogP contribution in [0.1, 0.15) is 99.3 Å². The van der Waals surface area contributed by atoms with E-state index in [4.69, 9.17) is 42.6 Å². The van der Waals surface area contributed by atoms with Crippen molar-refractivity contribution in [1.29, 1.82) is 0 Å². The van der Waals surface area contributed by atoms with E-state index in [9.17, 15) is 51.1 Å². The van der Waals surface area contributed by atoms with Gasteiger partial charge in [-0.3, -0.25) is 5.32 Å². The summed E-state index contributed by atoms with van der Waals surface area (Å²) in [7, 11) is 0. The molecule has 70 heavy (non-hydrogen) atoms. The largest absolute Gasteiger partial charge is 0.394 e. The molecule has 11 N–H and O–H groups in total. The van der Waals surface area contributed by atoms with Crippen LogP contribution in [0.2, 0.25) is 0 Å². The summed E-state index contributed by atoms with van der Waals surface area (Å²) in [6.07, 6.45) is -18.0. The molecule has 3 saturated carbocycles. The third-order valence-electron chi connectivity index (χ3n) is 19.6. The van der Waals surface area contributed by atoms with Crippen molar-refractivity contribution in [2.24, 2.45) is 46.3 Å². The predicted octanol–water partition coefficient (Wildman–Crippen LogP) is -0.722. The SMILES string of the molecule is C[C@H]1CC[C@]2(NC1)O[C@H]1C[C@H]3[C@@H]4CC=C5C[C@@H](O[C@@H]6O[C@H](CO)[C@H](O[C@@H]7O[C@@H](C)[C@H](O)[C@@H](O)[C@H]7O[C@@H]7OC[C@@H](O)[C@H](O)[C@H]7O)[C@H](O)[C@H]6O[C@@H]6O[C@@H](C)[C@H](O)[C@@H](O)[C@H]6O)CC[C@]5(C)[C@H]4CC[C@]3(C)[C@H]1[C@@H]2C. The van der Waals surface area contributed by atoms with Crippen LogP contribution in [0.3, 0.4) is 0 Å². The molecule has 20 heteroatoms. The molecule has 9 fully saturated rings. The number of piperidine rings is 1. The van der Waals surface area contributed by atoms with Crippen molar-refractivity contribution in [2.45, 2.75) is 234 Å². The number of ether oxygens (including phenoxy) is 9. The van der Waals surface area contributed by atoms with Crippen LogP contribution in [-0.2, 0) is 42.6 Å². The van der Waals surface area contributed by atoms with Gasteiger partial charge in [-0.05, 0) is 112 Å². The van der Waals surface area contributed by atoms with Gasteiger partial charge >= 0.3 is 0 Å². The second-order valence-corrected chi connectivity index (χ2v) is 23.6. The fourth-order valence-electron chi connectivity index (χ4n) is 15.3. The Hall–Kier alpha value is -1.06. The zero-order valence-corrected chi connectivity index (χ0v) is 41.3.